The molecule has 0 amide bonds. The number of hydrogen-bond acceptors (Lipinski definition) is 5. The molecule has 0 radical (unpaired) electrons. The average molecular weight is 300 g/mol. The third-order valence-electron chi connectivity index (χ3n) is 2.91. The highest BCUT2D eigenvalue weighted by Crippen LogP contribution is 2.23. The number of Topliss-reactive ketones (excluding diaryl/α,β-unsaturated/α-hetero) is 1. The van der Waals surface area contributed by atoms with E-state index in [0.29, 0.717) is 5.75 Å². The van der Waals surface area contributed by atoms with E-state index in [0.717, 1.165) is 25.7 Å². The quantitative estimate of drug-likeness (QED) is 0.540. The van der Waals surface area contributed by atoms with Gasteiger partial charge in [-0.1, -0.05) is 59.5 Å². The molecule has 100 valence electrons. The molecule has 0 saturated carbocycles. The second kappa shape index (κ2) is 5.73. The number of benzene rings is 2. The van der Waals surface area contributed by atoms with Crippen molar-refractivity contribution in [3.63, 3.8) is 0 Å². The Labute approximate surface area is 125 Å². The number of carbonyl (C=O) groups excluding carboxylic acids is 1. The zero-order valence-corrected chi connectivity index (χ0v) is 12.5. The largest absolute Gasteiger partial charge is 0.293 e. The van der Waals surface area contributed by atoms with Gasteiger partial charge < -0.3 is 0 Å². The first kappa shape index (κ1) is 13.3. The number of thioether (sulfide) groups is 1. The maximum atomic E-state index is 12.2. The van der Waals surface area contributed by atoms with Crippen LogP contribution in [0.2, 0.25) is 0 Å². The Kier molecular flexibility index (Phi) is 3.80. The Morgan fingerprint density at radius 2 is 1.95 bits per heavy atom. The molecular weight excluding hydrogens is 288 g/mol. The summed E-state index contributed by atoms with van der Waals surface area (Å²) in [5, 5.41) is 11.1. The van der Waals surface area contributed by atoms with E-state index in [1.807, 2.05) is 49.4 Å². The SMILES string of the molecule is Cc1nnc(SCC(=O)c2ccc3ccccc3c2)s1. The van der Waals surface area contributed by atoms with Crippen LogP contribution in [0.5, 0.6) is 0 Å². The zero-order valence-electron chi connectivity index (χ0n) is 10.9. The number of rotatable bonds is 4. The van der Waals surface area contributed by atoms with E-state index in [2.05, 4.69) is 10.2 Å². The molecule has 0 aliphatic rings. The van der Waals surface area contributed by atoms with Gasteiger partial charge in [-0.05, 0) is 23.8 Å². The third kappa shape index (κ3) is 2.89. The molecule has 20 heavy (non-hydrogen) atoms. The summed E-state index contributed by atoms with van der Waals surface area (Å²) in [7, 11) is 0. The van der Waals surface area contributed by atoms with Crippen molar-refractivity contribution in [3.8, 4) is 0 Å². The van der Waals surface area contributed by atoms with Crippen molar-refractivity contribution in [1.82, 2.24) is 10.2 Å². The number of aromatic nitrogens is 2. The van der Waals surface area contributed by atoms with E-state index in [-0.39, 0.29) is 5.78 Å². The summed E-state index contributed by atoms with van der Waals surface area (Å²) in [6, 6.07) is 13.9. The van der Waals surface area contributed by atoms with Gasteiger partial charge in [0.2, 0.25) is 0 Å². The predicted molar refractivity (Wildman–Crippen MR) is 83.6 cm³/mol. The van der Waals surface area contributed by atoms with Crippen LogP contribution in [0, 0.1) is 6.92 Å². The van der Waals surface area contributed by atoms with Gasteiger partial charge in [0, 0.05) is 5.56 Å². The van der Waals surface area contributed by atoms with Gasteiger partial charge in [0.05, 0.1) is 5.75 Å². The molecule has 0 bridgehead atoms. The van der Waals surface area contributed by atoms with Gasteiger partial charge in [0.25, 0.3) is 0 Å². The molecule has 0 atom stereocenters. The average Bonchev–Trinajstić information content (AvgIpc) is 2.90. The van der Waals surface area contributed by atoms with Crippen molar-refractivity contribution in [3.05, 3.63) is 53.0 Å². The van der Waals surface area contributed by atoms with Gasteiger partial charge in [0.1, 0.15) is 5.01 Å². The van der Waals surface area contributed by atoms with Crippen molar-refractivity contribution < 1.29 is 4.79 Å². The molecule has 5 heteroatoms. The minimum Gasteiger partial charge on any atom is -0.293 e. The van der Waals surface area contributed by atoms with E-state index in [9.17, 15) is 4.79 Å². The number of fused-ring (bicyclic) bond motifs is 1. The highest BCUT2D eigenvalue weighted by molar-refractivity contribution is 8.01. The molecule has 1 heterocycles. The van der Waals surface area contributed by atoms with Crippen molar-refractivity contribution in [2.45, 2.75) is 11.3 Å². The van der Waals surface area contributed by atoms with Crippen LogP contribution in [-0.2, 0) is 0 Å². The fourth-order valence-corrected chi connectivity index (χ4v) is 3.62. The maximum Gasteiger partial charge on any atom is 0.174 e. The summed E-state index contributed by atoms with van der Waals surface area (Å²) in [5.41, 5.74) is 0.748. The van der Waals surface area contributed by atoms with Crippen LogP contribution in [0.1, 0.15) is 15.4 Å². The molecule has 3 aromatic rings. The monoisotopic (exact) mass is 300 g/mol. The van der Waals surface area contributed by atoms with Gasteiger partial charge in [-0.15, -0.1) is 10.2 Å². The minimum absolute atomic E-state index is 0.119. The Hall–Kier alpha value is -1.72. The van der Waals surface area contributed by atoms with Gasteiger partial charge in [0.15, 0.2) is 10.1 Å². The van der Waals surface area contributed by atoms with E-state index < -0.39 is 0 Å². The first-order chi connectivity index (χ1) is 9.72. The molecule has 0 spiro atoms. The smallest absolute Gasteiger partial charge is 0.174 e. The number of nitrogens with zero attached hydrogens (tertiary/aromatic N) is 2. The van der Waals surface area contributed by atoms with Crippen LogP contribution >= 0.6 is 23.1 Å². The van der Waals surface area contributed by atoms with Crippen molar-refractivity contribution in [1.29, 1.82) is 0 Å². The van der Waals surface area contributed by atoms with E-state index in [1.165, 1.54) is 23.1 Å². The fraction of sp³-hybridized carbons (Fsp3) is 0.133. The number of aryl methyl sites for hydroxylation is 1. The Morgan fingerprint density at radius 3 is 2.70 bits per heavy atom. The first-order valence-electron chi connectivity index (χ1n) is 6.17. The molecule has 0 N–H and O–H groups in total. The topological polar surface area (TPSA) is 42.9 Å². The summed E-state index contributed by atoms with van der Waals surface area (Å²) in [5.74, 6) is 0.515. The van der Waals surface area contributed by atoms with E-state index in [1.54, 1.807) is 0 Å². The summed E-state index contributed by atoms with van der Waals surface area (Å²) >= 11 is 2.96. The number of hydrogen-bond donors (Lipinski definition) is 0. The standard InChI is InChI=1S/C15H12N2OS2/c1-10-16-17-15(20-10)19-9-14(18)13-7-6-11-4-2-3-5-12(11)8-13/h2-8H,9H2,1H3. The molecule has 1 aromatic heterocycles. The van der Waals surface area contributed by atoms with E-state index in [4.69, 9.17) is 0 Å². The summed E-state index contributed by atoms with van der Waals surface area (Å²) < 4.78 is 0.844. The molecule has 0 aliphatic heterocycles. The molecule has 0 aliphatic carbocycles. The van der Waals surface area contributed by atoms with Crippen LogP contribution < -0.4 is 0 Å². The molecule has 3 rings (SSSR count). The first-order valence-corrected chi connectivity index (χ1v) is 7.97. The zero-order chi connectivity index (χ0) is 13.9. The lowest BCUT2D eigenvalue weighted by Crippen LogP contribution is -2.02. The molecule has 0 saturated heterocycles. The van der Waals surface area contributed by atoms with Gasteiger partial charge in [-0.2, -0.15) is 0 Å². The molecule has 0 unspecified atom stereocenters. The van der Waals surface area contributed by atoms with E-state index >= 15 is 0 Å². The lowest BCUT2D eigenvalue weighted by molar-refractivity contribution is 0.102. The number of ketones is 1. The van der Waals surface area contributed by atoms with Crippen LogP contribution in [0.15, 0.2) is 46.8 Å². The minimum atomic E-state index is 0.119. The third-order valence-corrected chi connectivity index (χ3v) is 4.88. The second-order valence-corrected chi connectivity index (χ2v) is 6.76. The van der Waals surface area contributed by atoms with Crippen LogP contribution in [0.4, 0.5) is 0 Å². The molecule has 0 fully saturated rings. The highest BCUT2D eigenvalue weighted by Gasteiger charge is 2.09. The molecular formula is C15H12N2OS2. The Morgan fingerprint density at radius 1 is 1.15 bits per heavy atom. The normalized spacial score (nSPS) is 10.8. The van der Waals surface area contributed by atoms with Gasteiger partial charge >= 0.3 is 0 Å². The Bertz CT molecular complexity index is 767. The molecule has 2 aromatic carbocycles. The highest BCUT2D eigenvalue weighted by atomic mass is 32.2. The van der Waals surface area contributed by atoms with Crippen molar-refractivity contribution in [2.75, 3.05) is 5.75 Å². The van der Waals surface area contributed by atoms with Gasteiger partial charge in [-0.3, -0.25) is 4.79 Å². The van der Waals surface area contributed by atoms with Crippen molar-refractivity contribution in [2.24, 2.45) is 0 Å². The summed E-state index contributed by atoms with van der Waals surface area (Å²) in [6.45, 7) is 1.91. The molecule has 3 nitrogen and oxygen atoms in total. The lowest BCUT2D eigenvalue weighted by Gasteiger charge is -2.02. The maximum absolute atomic E-state index is 12.2. The summed E-state index contributed by atoms with van der Waals surface area (Å²) in [4.78, 5) is 12.2. The summed E-state index contributed by atoms with van der Waals surface area (Å²) in [6.07, 6.45) is 0. The second-order valence-electron chi connectivity index (χ2n) is 4.36. The predicted octanol–water partition coefficient (Wildman–Crippen LogP) is 3.97. The van der Waals surface area contributed by atoms with Crippen LogP contribution in [-0.4, -0.2) is 21.7 Å². The van der Waals surface area contributed by atoms with Gasteiger partial charge in [-0.25, -0.2) is 0 Å². The fourth-order valence-electron chi connectivity index (χ4n) is 1.91. The van der Waals surface area contributed by atoms with Crippen molar-refractivity contribution >= 4 is 39.7 Å². The van der Waals surface area contributed by atoms with Crippen LogP contribution in [0.3, 0.4) is 0 Å². The lowest BCUT2D eigenvalue weighted by atomic mass is 10.1. The van der Waals surface area contributed by atoms with Crippen LogP contribution in [0.25, 0.3) is 10.8 Å². The number of carbonyl (C=O) groups is 1. The Balaban J connectivity index is 1.75.